The molecule has 0 atom stereocenters. The summed E-state index contributed by atoms with van der Waals surface area (Å²) in [6.07, 6.45) is 0. The van der Waals surface area contributed by atoms with Crippen LogP contribution in [0.2, 0.25) is 0 Å². The summed E-state index contributed by atoms with van der Waals surface area (Å²) in [5, 5.41) is 7.89. The van der Waals surface area contributed by atoms with Gasteiger partial charge in [-0.15, -0.1) is 22.7 Å². The zero-order chi connectivity index (χ0) is 30.6. The minimum absolute atomic E-state index is 0.0778. The molecule has 1 aliphatic rings. The third kappa shape index (κ3) is 3.56. The topological polar surface area (TPSA) is 3.24 Å². The number of anilines is 3. The third-order valence-corrected chi connectivity index (χ3v) is 12.5. The number of fused-ring (bicyclic) bond motifs is 11. The number of thiophene rings is 2. The molecular weight excluding hydrogens is 595 g/mol. The largest absolute Gasteiger partial charge is 0.308 e. The van der Waals surface area contributed by atoms with Gasteiger partial charge in [0.05, 0.1) is 16.1 Å². The van der Waals surface area contributed by atoms with E-state index < -0.39 is 0 Å². The van der Waals surface area contributed by atoms with E-state index in [2.05, 4.69) is 158 Å². The summed E-state index contributed by atoms with van der Waals surface area (Å²) >= 11 is 3.80. The van der Waals surface area contributed by atoms with Crippen LogP contribution in [0, 0.1) is 0 Å². The van der Waals surface area contributed by atoms with Gasteiger partial charge in [-0.2, -0.15) is 0 Å². The fourth-order valence-corrected chi connectivity index (χ4v) is 10.3. The maximum atomic E-state index is 2.54. The molecular formula is C43H29NS2. The summed E-state index contributed by atoms with van der Waals surface area (Å²) < 4.78 is 5.31. The Labute approximate surface area is 275 Å². The molecule has 1 aliphatic carbocycles. The average Bonchev–Trinajstić information content (AvgIpc) is 3.74. The molecule has 3 heteroatoms. The molecule has 0 radical (unpaired) electrons. The molecule has 0 spiro atoms. The second kappa shape index (κ2) is 9.53. The van der Waals surface area contributed by atoms with Crippen LogP contribution in [-0.2, 0) is 5.41 Å². The van der Waals surface area contributed by atoms with Crippen molar-refractivity contribution < 1.29 is 0 Å². The molecule has 2 heterocycles. The molecule has 0 saturated carbocycles. The van der Waals surface area contributed by atoms with Crippen LogP contribution in [0.5, 0.6) is 0 Å². The molecule has 0 N–H and O–H groups in total. The number of hydrogen-bond donors (Lipinski definition) is 0. The maximum Gasteiger partial charge on any atom is 0.0640 e. The highest BCUT2D eigenvalue weighted by Gasteiger charge is 2.38. The lowest BCUT2D eigenvalue weighted by Gasteiger charge is -2.29. The van der Waals surface area contributed by atoms with Crippen LogP contribution in [0.15, 0.2) is 140 Å². The quantitative estimate of drug-likeness (QED) is 0.189. The fraction of sp³-hybridized carbons (Fsp3) is 0.0698. The lowest BCUT2D eigenvalue weighted by atomic mass is 9.82. The third-order valence-electron chi connectivity index (χ3n) is 10.1. The van der Waals surface area contributed by atoms with E-state index in [-0.39, 0.29) is 5.41 Å². The zero-order valence-corrected chi connectivity index (χ0v) is 27.2. The molecule has 10 rings (SSSR count). The molecule has 0 fully saturated rings. The van der Waals surface area contributed by atoms with Gasteiger partial charge in [-0.05, 0) is 57.8 Å². The van der Waals surface area contributed by atoms with Crippen molar-refractivity contribution in [1.82, 2.24) is 0 Å². The van der Waals surface area contributed by atoms with E-state index in [0.717, 1.165) is 0 Å². The molecule has 1 nitrogen and oxygen atoms in total. The van der Waals surface area contributed by atoms with Gasteiger partial charge in [0.15, 0.2) is 0 Å². The normalized spacial score (nSPS) is 13.6. The minimum atomic E-state index is -0.0778. The van der Waals surface area contributed by atoms with Gasteiger partial charge in [0.2, 0.25) is 0 Å². The van der Waals surface area contributed by atoms with E-state index in [0.29, 0.717) is 0 Å². The first-order valence-electron chi connectivity index (χ1n) is 15.9. The Morgan fingerprint density at radius 3 is 2.09 bits per heavy atom. The van der Waals surface area contributed by atoms with Crippen molar-refractivity contribution in [2.24, 2.45) is 0 Å². The first-order chi connectivity index (χ1) is 22.6. The monoisotopic (exact) mass is 623 g/mol. The molecule has 0 unspecified atom stereocenters. The van der Waals surface area contributed by atoms with Crippen molar-refractivity contribution in [3.8, 4) is 11.1 Å². The second-order valence-corrected chi connectivity index (χ2v) is 15.0. The van der Waals surface area contributed by atoms with Crippen LogP contribution in [0.4, 0.5) is 17.1 Å². The molecule has 7 aromatic carbocycles. The van der Waals surface area contributed by atoms with Crippen molar-refractivity contribution in [2.75, 3.05) is 4.90 Å². The van der Waals surface area contributed by atoms with Gasteiger partial charge in [-0.25, -0.2) is 0 Å². The van der Waals surface area contributed by atoms with Gasteiger partial charge >= 0.3 is 0 Å². The molecule has 0 aliphatic heterocycles. The first kappa shape index (κ1) is 26.3. The van der Waals surface area contributed by atoms with Crippen LogP contribution in [-0.4, -0.2) is 0 Å². The summed E-state index contributed by atoms with van der Waals surface area (Å²) in [7, 11) is 0. The van der Waals surface area contributed by atoms with Crippen molar-refractivity contribution in [3.05, 3.63) is 151 Å². The van der Waals surface area contributed by atoms with Crippen LogP contribution in [0.1, 0.15) is 25.0 Å². The Balaban J connectivity index is 1.31. The zero-order valence-electron chi connectivity index (χ0n) is 25.5. The van der Waals surface area contributed by atoms with Gasteiger partial charge in [-0.3, -0.25) is 0 Å². The van der Waals surface area contributed by atoms with Crippen molar-refractivity contribution >= 4 is 90.9 Å². The molecule has 2 aromatic heterocycles. The fourth-order valence-electron chi connectivity index (χ4n) is 7.87. The molecule has 46 heavy (non-hydrogen) atoms. The van der Waals surface area contributed by atoms with E-state index in [1.54, 1.807) is 0 Å². The number of rotatable bonds is 3. The molecule has 0 bridgehead atoms. The van der Waals surface area contributed by atoms with E-state index in [1.165, 1.54) is 90.4 Å². The summed E-state index contributed by atoms with van der Waals surface area (Å²) in [5.41, 5.74) is 9.00. The molecule has 218 valence electrons. The van der Waals surface area contributed by atoms with E-state index in [4.69, 9.17) is 0 Å². The molecule has 0 saturated heterocycles. The van der Waals surface area contributed by atoms with E-state index in [9.17, 15) is 0 Å². The predicted octanol–water partition coefficient (Wildman–Crippen LogP) is 13.4. The Hall–Kier alpha value is -4.96. The Morgan fingerprint density at radius 1 is 0.478 bits per heavy atom. The highest BCUT2D eigenvalue weighted by Crippen LogP contribution is 2.55. The summed E-state index contributed by atoms with van der Waals surface area (Å²) in [6, 6.07) is 52.0. The number of hydrogen-bond acceptors (Lipinski definition) is 3. The minimum Gasteiger partial charge on any atom is -0.308 e. The second-order valence-electron chi connectivity index (χ2n) is 12.9. The Morgan fingerprint density at radius 2 is 1.15 bits per heavy atom. The SMILES string of the molecule is CC1(C)c2ccccc2-c2c(N(c3ccc4c(c3)sc3ccccc34)c3cccc4c3sc3c5ccccc5ccc43)cccc21. The van der Waals surface area contributed by atoms with Crippen molar-refractivity contribution in [3.63, 3.8) is 0 Å². The van der Waals surface area contributed by atoms with Gasteiger partial charge in [0, 0.05) is 52.3 Å². The van der Waals surface area contributed by atoms with Crippen LogP contribution < -0.4 is 4.90 Å². The number of nitrogens with zero attached hydrogens (tertiary/aromatic N) is 1. The van der Waals surface area contributed by atoms with Crippen molar-refractivity contribution in [1.29, 1.82) is 0 Å². The number of benzene rings is 7. The highest BCUT2D eigenvalue weighted by atomic mass is 32.1. The lowest BCUT2D eigenvalue weighted by Crippen LogP contribution is -2.16. The maximum absolute atomic E-state index is 2.54. The van der Waals surface area contributed by atoms with Gasteiger partial charge in [0.25, 0.3) is 0 Å². The smallest absolute Gasteiger partial charge is 0.0640 e. The Bertz CT molecular complexity index is 2690. The molecule has 0 amide bonds. The van der Waals surface area contributed by atoms with E-state index in [1.807, 2.05) is 22.7 Å². The van der Waals surface area contributed by atoms with Gasteiger partial charge < -0.3 is 4.90 Å². The highest BCUT2D eigenvalue weighted by molar-refractivity contribution is 7.27. The Kier molecular flexibility index (Phi) is 5.44. The van der Waals surface area contributed by atoms with Gasteiger partial charge in [0.1, 0.15) is 0 Å². The van der Waals surface area contributed by atoms with Crippen LogP contribution >= 0.6 is 22.7 Å². The predicted molar refractivity (Wildman–Crippen MR) is 202 cm³/mol. The lowest BCUT2D eigenvalue weighted by molar-refractivity contribution is 0.660. The summed E-state index contributed by atoms with van der Waals surface area (Å²) in [5.74, 6) is 0. The molecule has 9 aromatic rings. The van der Waals surface area contributed by atoms with Crippen LogP contribution in [0.3, 0.4) is 0 Å². The first-order valence-corrected chi connectivity index (χ1v) is 17.5. The summed E-state index contributed by atoms with van der Waals surface area (Å²) in [4.78, 5) is 2.54. The van der Waals surface area contributed by atoms with E-state index >= 15 is 0 Å². The van der Waals surface area contributed by atoms with Gasteiger partial charge in [-0.1, -0.05) is 123 Å². The van der Waals surface area contributed by atoms with Crippen LogP contribution in [0.25, 0.3) is 62.2 Å². The van der Waals surface area contributed by atoms with Crippen molar-refractivity contribution in [2.45, 2.75) is 19.3 Å². The average molecular weight is 624 g/mol. The standard InChI is InChI=1S/C43H29NS2/c1-43(2)34-16-7-5-14-33(34)40-35(43)17-10-18-36(40)44(27-22-24-30-29-13-6-8-20-38(29)45-39(30)25-27)37-19-9-15-31-32-23-21-26-11-3-4-12-28(26)41(32)46-42(31)37/h3-25H,1-2H3. The summed E-state index contributed by atoms with van der Waals surface area (Å²) in [6.45, 7) is 4.74.